The van der Waals surface area contributed by atoms with Crippen molar-refractivity contribution >= 4 is 16.6 Å². The predicted molar refractivity (Wildman–Crippen MR) is 117 cm³/mol. The molecule has 1 aliphatic rings. The van der Waals surface area contributed by atoms with E-state index in [0.29, 0.717) is 0 Å². The van der Waals surface area contributed by atoms with Crippen molar-refractivity contribution < 1.29 is 9.13 Å². The molecule has 29 heavy (non-hydrogen) atoms. The van der Waals surface area contributed by atoms with E-state index in [1.165, 1.54) is 38.4 Å². The SMILES string of the molecule is COc1ccc(-c2cc(NCCCN3CCCCC3)c3cc(F)ccc3n2)cc1. The van der Waals surface area contributed by atoms with Crippen molar-refractivity contribution in [2.45, 2.75) is 25.7 Å². The van der Waals surface area contributed by atoms with Crippen LogP contribution in [0.5, 0.6) is 5.75 Å². The van der Waals surface area contributed by atoms with Crippen molar-refractivity contribution in [1.82, 2.24) is 9.88 Å². The van der Waals surface area contributed by atoms with E-state index in [4.69, 9.17) is 9.72 Å². The highest BCUT2D eigenvalue weighted by atomic mass is 19.1. The molecule has 4 rings (SSSR count). The fourth-order valence-corrected chi connectivity index (χ4v) is 3.96. The Balaban J connectivity index is 1.54. The average Bonchev–Trinajstić information content (AvgIpc) is 2.77. The largest absolute Gasteiger partial charge is 0.497 e. The summed E-state index contributed by atoms with van der Waals surface area (Å²) in [4.78, 5) is 7.29. The number of fused-ring (bicyclic) bond motifs is 1. The highest BCUT2D eigenvalue weighted by Crippen LogP contribution is 2.30. The molecule has 2 heterocycles. The Kier molecular flexibility index (Phi) is 6.25. The average molecular weight is 394 g/mol. The Morgan fingerprint density at radius 1 is 1.03 bits per heavy atom. The maximum absolute atomic E-state index is 13.9. The summed E-state index contributed by atoms with van der Waals surface area (Å²) in [5.74, 6) is 0.570. The predicted octanol–water partition coefficient (Wildman–Crippen LogP) is 5.34. The van der Waals surface area contributed by atoms with Gasteiger partial charge in [0, 0.05) is 23.2 Å². The number of methoxy groups -OCH3 is 1. The smallest absolute Gasteiger partial charge is 0.124 e. The molecule has 0 aliphatic carbocycles. The van der Waals surface area contributed by atoms with Gasteiger partial charge in [0.1, 0.15) is 11.6 Å². The van der Waals surface area contributed by atoms with Crippen LogP contribution in [0.4, 0.5) is 10.1 Å². The molecule has 1 aliphatic heterocycles. The molecule has 1 saturated heterocycles. The zero-order valence-electron chi connectivity index (χ0n) is 17.0. The highest BCUT2D eigenvalue weighted by Gasteiger charge is 2.11. The third-order valence-electron chi connectivity index (χ3n) is 5.57. The zero-order valence-corrected chi connectivity index (χ0v) is 17.0. The lowest BCUT2D eigenvalue weighted by atomic mass is 10.1. The molecule has 0 radical (unpaired) electrons. The second-order valence-electron chi connectivity index (χ2n) is 7.63. The van der Waals surface area contributed by atoms with Crippen LogP contribution in [0, 0.1) is 5.82 Å². The molecule has 2 aromatic carbocycles. The van der Waals surface area contributed by atoms with Crippen LogP contribution in [0.1, 0.15) is 25.7 Å². The number of pyridine rings is 1. The van der Waals surface area contributed by atoms with Gasteiger partial charge < -0.3 is 15.0 Å². The number of piperidine rings is 1. The van der Waals surface area contributed by atoms with E-state index in [0.717, 1.165) is 53.1 Å². The molecule has 1 fully saturated rings. The van der Waals surface area contributed by atoms with Crippen LogP contribution >= 0.6 is 0 Å². The lowest BCUT2D eigenvalue weighted by Gasteiger charge is -2.26. The van der Waals surface area contributed by atoms with Gasteiger partial charge in [-0.2, -0.15) is 0 Å². The van der Waals surface area contributed by atoms with Crippen LogP contribution in [0.25, 0.3) is 22.2 Å². The van der Waals surface area contributed by atoms with Gasteiger partial charge in [-0.1, -0.05) is 6.42 Å². The quantitative estimate of drug-likeness (QED) is 0.550. The monoisotopic (exact) mass is 393 g/mol. The van der Waals surface area contributed by atoms with E-state index in [-0.39, 0.29) is 5.82 Å². The van der Waals surface area contributed by atoms with Gasteiger partial charge in [0.2, 0.25) is 0 Å². The first-order chi connectivity index (χ1) is 14.2. The summed E-state index contributed by atoms with van der Waals surface area (Å²) in [5, 5.41) is 4.35. The fourth-order valence-electron chi connectivity index (χ4n) is 3.96. The van der Waals surface area contributed by atoms with Gasteiger partial charge in [-0.3, -0.25) is 0 Å². The number of halogens is 1. The number of aromatic nitrogens is 1. The van der Waals surface area contributed by atoms with Gasteiger partial charge in [0.25, 0.3) is 0 Å². The number of nitrogens with zero attached hydrogens (tertiary/aromatic N) is 2. The summed E-state index contributed by atoms with van der Waals surface area (Å²) < 4.78 is 19.1. The molecule has 0 unspecified atom stereocenters. The van der Waals surface area contributed by atoms with Crippen LogP contribution in [0.3, 0.4) is 0 Å². The number of nitrogens with one attached hydrogen (secondary N) is 1. The first kappa shape index (κ1) is 19.6. The third-order valence-corrected chi connectivity index (χ3v) is 5.57. The summed E-state index contributed by atoms with van der Waals surface area (Å²) in [6.07, 6.45) is 5.05. The molecular weight excluding hydrogens is 365 g/mol. The molecule has 152 valence electrons. The topological polar surface area (TPSA) is 37.4 Å². The Bertz CT molecular complexity index is 952. The van der Waals surface area contributed by atoms with Gasteiger partial charge in [-0.15, -0.1) is 0 Å². The number of ether oxygens (including phenoxy) is 1. The molecule has 0 amide bonds. The summed E-state index contributed by atoms with van der Waals surface area (Å²) >= 11 is 0. The second kappa shape index (κ2) is 9.23. The minimum absolute atomic E-state index is 0.243. The van der Waals surface area contributed by atoms with Crippen LogP contribution in [0.15, 0.2) is 48.5 Å². The molecule has 0 atom stereocenters. The molecule has 5 heteroatoms. The second-order valence-corrected chi connectivity index (χ2v) is 7.63. The fraction of sp³-hybridized carbons (Fsp3) is 0.375. The van der Waals surface area contributed by atoms with Crippen molar-refractivity contribution in [1.29, 1.82) is 0 Å². The van der Waals surface area contributed by atoms with Gasteiger partial charge >= 0.3 is 0 Å². The van der Waals surface area contributed by atoms with Crippen molar-refractivity contribution in [2.75, 3.05) is 38.6 Å². The Hall–Kier alpha value is -2.66. The van der Waals surface area contributed by atoms with E-state index < -0.39 is 0 Å². The van der Waals surface area contributed by atoms with Crippen LogP contribution < -0.4 is 10.1 Å². The highest BCUT2D eigenvalue weighted by molar-refractivity contribution is 5.93. The van der Waals surface area contributed by atoms with Gasteiger partial charge in [0.05, 0.1) is 18.3 Å². The molecule has 3 aromatic rings. The lowest BCUT2D eigenvalue weighted by molar-refractivity contribution is 0.228. The molecular formula is C24H28FN3O. The normalized spacial score (nSPS) is 14.8. The number of likely N-dealkylation sites (tertiary alicyclic amines) is 1. The maximum Gasteiger partial charge on any atom is 0.124 e. The molecule has 0 spiro atoms. The maximum atomic E-state index is 13.9. The zero-order chi connectivity index (χ0) is 20.1. The molecule has 1 aromatic heterocycles. The van der Waals surface area contributed by atoms with Gasteiger partial charge in [-0.25, -0.2) is 9.37 Å². The van der Waals surface area contributed by atoms with Gasteiger partial charge in [-0.05, 0) is 87.4 Å². The third kappa shape index (κ3) is 4.85. The standard InChI is InChI=1S/C24H28FN3O/c1-29-20-9-6-18(7-10-20)23-17-24(21-16-19(25)8-11-22(21)27-23)26-12-5-15-28-13-3-2-4-14-28/h6-11,16-17H,2-5,12-15H2,1H3,(H,26,27). The Morgan fingerprint density at radius 2 is 1.83 bits per heavy atom. The lowest BCUT2D eigenvalue weighted by Crippen LogP contribution is -2.31. The van der Waals surface area contributed by atoms with Crippen molar-refractivity contribution in [3.05, 3.63) is 54.3 Å². The molecule has 1 N–H and O–H groups in total. The van der Waals surface area contributed by atoms with E-state index in [9.17, 15) is 4.39 Å². The minimum atomic E-state index is -0.243. The Morgan fingerprint density at radius 3 is 2.59 bits per heavy atom. The van der Waals surface area contributed by atoms with Crippen molar-refractivity contribution in [3.8, 4) is 17.0 Å². The molecule has 0 bridgehead atoms. The summed E-state index contributed by atoms with van der Waals surface area (Å²) in [5.41, 5.74) is 3.59. The number of rotatable bonds is 7. The van der Waals surface area contributed by atoms with E-state index >= 15 is 0 Å². The van der Waals surface area contributed by atoms with E-state index in [2.05, 4.69) is 10.2 Å². The first-order valence-electron chi connectivity index (χ1n) is 10.4. The first-order valence-corrected chi connectivity index (χ1v) is 10.4. The number of hydrogen-bond acceptors (Lipinski definition) is 4. The summed E-state index contributed by atoms with van der Waals surface area (Å²) in [6.45, 7) is 4.39. The van der Waals surface area contributed by atoms with Crippen molar-refractivity contribution in [3.63, 3.8) is 0 Å². The van der Waals surface area contributed by atoms with Crippen molar-refractivity contribution in [2.24, 2.45) is 0 Å². The molecule has 0 saturated carbocycles. The summed E-state index contributed by atoms with van der Waals surface area (Å²) in [6, 6.07) is 14.6. The number of hydrogen-bond donors (Lipinski definition) is 1. The number of anilines is 1. The summed E-state index contributed by atoms with van der Waals surface area (Å²) in [7, 11) is 1.66. The van der Waals surface area contributed by atoms with Crippen LogP contribution in [-0.4, -0.2) is 43.2 Å². The van der Waals surface area contributed by atoms with E-state index in [1.54, 1.807) is 19.2 Å². The minimum Gasteiger partial charge on any atom is -0.497 e. The Labute approximate surface area is 171 Å². The van der Waals surface area contributed by atoms with Gasteiger partial charge in [0.15, 0.2) is 0 Å². The van der Waals surface area contributed by atoms with Crippen LogP contribution in [-0.2, 0) is 0 Å². The number of benzene rings is 2. The molecule has 4 nitrogen and oxygen atoms in total. The van der Waals surface area contributed by atoms with Crippen LogP contribution in [0.2, 0.25) is 0 Å². The van der Waals surface area contributed by atoms with E-state index in [1.807, 2.05) is 30.3 Å².